The van der Waals surface area contributed by atoms with Gasteiger partial charge in [-0.15, -0.1) is 0 Å². The zero-order valence-corrected chi connectivity index (χ0v) is 15.9. The molecule has 6 heteroatoms. The minimum atomic E-state index is -0.0395. The molecule has 6 nitrogen and oxygen atoms in total. The molecule has 140 valence electrons. The van der Waals surface area contributed by atoms with E-state index in [2.05, 4.69) is 34.5 Å². The van der Waals surface area contributed by atoms with Crippen LogP contribution in [0.5, 0.6) is 0 Å². The first-order valence-corrected chi connectivity index (χ1v) is 9.33. The van der Waals surface area contributed by atoms with Gasteiger partial charge in [0, 0.05) is 29.9 Å². The monoisotopic (exact) mass is 371 g/mol. The van der Waals surface area contributed by atoms with Gasteiger partial charge >= 0.3 is 0 Å². The highest BCUT2D eigenvalue weighted by atomic mass is 16.1. The maximum atomic E-state index is 12.0. The Morgan fingerprint density at radius 1 is 1.07 bits per heavy atom. The average Bonchev–Trinajstić information content (AvgIpc) is 3.08. The molecule has 0 aliphatic carbocycles. The third kappa shape index (κ3) is 3.49. The second-order valence-electron chi connectivity index (χ2n) is 6.70. The van der Waals surface area contributed by atoms with E-state index in [1.165, 1.54) is 0 Å². The Hall–Kier alpha value is -3.54. The molecule has 1 N–H and O–H groups in total. The first kappa shape index (κ1) is 17.9. The summed E-state index contributed by atoms with van der Waals surface area (Å²) in [5.41, 5.74) is 5.56. The number of hydrogen-bond acceptors (Lipinski definition) is 4. The SMILES string of the molecule is CCCC(=O)Nc1cc(-c2c(-c3cccc(C)c3)nc3cccnn23)ccn1. The van der Waals surface area contributed by atoms with E-state index in [0.717, 1.165) is 40.1 Å². The van der Waals surface area contributed by atoms with E-state index in [-0.39, 0.29) is 5.91 Å². The molecule has 0 spiro atoms. The van der Waals surface area contributed by atoms with Crippen LogP contribution in [-0.4, -0.2) is 25.5 Å². The number of aromatic nitrogens is 4. The Labute approximate surface area is 163 Å². The zero-order chi connectivity index (χ0) is 19.5. The van der Waals surface area contributed by atoms with E-state index in [0.29, 0.717) is 12.2 Å². The smallest absolute Gasteiger partial charge is 0.225 e. The van der Waals surface area contributed by atoms with Crippen molar-refractivity contribution >= 4 is 17.4 Å². The summed E-state index contributed by atoms with van der Waals surface area (Å²) in [5.74, 6) is 0.486. The first-order valence-electron chi connectivity index (χ1n) is 9.33. The molecular weight excluding hydrogens is 350 g/mol. The van der Waals surface area contributed by atoms with Crippen LogP contribution in [0.15, 0.2) is 60.9 Å². The van der Waals surface area contributed by atoms with Gasteiger partial charge in [0.05, 0.1) is 5.69 Å². The molecule has 28 heavy (non-hydrogen) atoms. The van der Waals surface area contributed by atoms with E-state index in [1.54, 1.807) is 12.4 Å². The fourth-order valence-corrected chi connectivity index (χ4v) is 3.22. The number of nitrogens with one attached hydrogen (secondary N) is 1. The van der Waals surface area contributed by atoms with Crippen molar-refractivity contribution in [3.05, 3.63) is 66.5 Å². The van der Waals surface area contributed by atoms with Crippen molar-refractivity contribution in [1.82, 2.24) is 19.6 Å². The van der Waals surface area contributed by atoms with Crippen LogP contribution in [0, 0.1) is 6.92 Å². The molecule has 0 saturated heterocycles. The Kier molecular flexibility index (Phi) is 4.85. The summed E-state index contributed by atoms with van der Waals surface area (Å²) in [6, 6.07) is 15.8. The van der Waals surface area contributed by atoms with Crippen molar-refractivity contribution in [3.8, 4) is 22.5 Å². The average molecular weight is 371 g/mol. The van der Waals surface area contributed by atoms with Crippen molar-refractivity contribution in [3.63, 3.8) is 0 Å². The predicted octanol–water partition coefficient (Wildman–Crippen LogP) is 4.51. The van der Waals surface area contributed by atoms with Gasteiger partial charge in [-0.25, -0.2) is 14.5 Å². The maximum absolute atomic E-state index is 12.0. The predicted molar refractivity (Wildman–Crippen MR) is 110 cm³/mol. The second kappa shape index (κ2) is 7.60. The van der Waals surface area contributed by atoms with Crippen LogP contribution in [0.1, 0.15) is 25.3 Å². The highest BCUT2D eigenvalue weighted by Gasteiger charge is 2.17. The Morgan fingerprint density at radius 2 is 1.96 bits per heavy atom. The number of nitrogens with zero attached hydrogens (tertiary/aromatic N) is 4. The molecule has 0 fully saturated rings. The number of aryl methyl sites for hydroxylation is 1. The molecule has 4 aromatic rings. The van der Waals surface area contributed by atoms with Crippen molar-refractivity contribution in [2.75, 3.05) is 5.32 Å². The van der Waals surface area contributed by atoms with Gasteiger partial charge in [-0.1, -0.05) is 30.7 Å². The standard InChI is InChI=1S/C22H21N5O/c1-3-6-20(28)25-18-14-17(10-12-23-18)22-21(16-8-4-7-15(2)13-16)26-19-9-5-11-24-27(19)22/h4-5,7-14H,3,6H2,1-2H3,(H,23,25,28). The fraction of sp³-hybridized carbons (Fsp3) is 0.182. The lowest BCUT2D eigenvalue weighted by Gasteiger charge is -2.08. The van der Waals surface area contributed by atoms with E-state index in [1.807, 2.05) is 47.8 Å². The number of hydrogen-bond donors (Lipinski definition) is 1. The highest BCUT2D eigenvalue weighted by molar-refractivity contribution is 5.91. The minimum absolute atomic E-state index is 0.0395. The molecule has 0 unspecified atom stereocenters. The summed E-state index contributed by atoms with van der Waals surface area (Å²) < 4.78 is 1.82. The summed E-state index contributed by atoms with van der Waals surface area (Å²) in [6.45, 7) is 4.03. The van der Waals surface area contributed by atoms with Crippen LogP contribution in [-0.2, 0) is 4.79 Å². The van der Waals surface area contributed by atoms with Crippen LogP contribution in [0.2, 0.25) is 0 Å². The van der Waals surface area contributed by atoms with E-state index >= 15 is 0 Å². The van der Waals surface area contributed by atoms with E-state index in [4.69, 9.17) is 4.98 Å². The topological polar surface area (TPSA) is 72.2 Å². The van der Waals surface area contributed by atoms with E-state index < -0.39 is 0 Å². The van der Waals surface area contributed by atoms with Gasteiger partial charge in [-0.2, -0.15) is 5.10 Å². The Balaban J connectivity index is 1.86. The fourth-order valence-electron chi connectivity index (χ4n) is 3.22. The number of imidazole rings is 1. The molecule has 1 aromatic carbocycles. The quantitative estimate of drug-likeness (QED) is 0.560. The van der Waals surface area contributed by atoms with Gasteiger partial charge in [0.1, 0.15) is 11.5 Å². The Morgan fingerprint density at radius 3 is 2.79 bits per heavy atom. The minimum Gasteiger partial charge on any atom is -0.311 e. The van der Waals surface area contributed by atoms with Gasteiger partial charge < -0.3 is 5.32 Å². The largest absolute Gasteiger partial charge is 0.311 e. The summed E-state index contributed by atoms with van der Waals surface area (Å²) in [6.07, 6.45) is 4.69. The van der Waals surface area contributed by atoms with Crippen LogP contribution < -0.4 is 5.32 Å². The summed E-state index contributed by atoms with van der Waals surface area (Å²) >= 11 is 0. The molecule has 1 amide bonds. The third-order valence-corrected chi connectivity index (χ3v) is 4.46. The number of amides is 1. The molecule has 3 aromatic heterocycles. The molecule has 0 saturated carbocycles. The van der Waals surface area contributed by atoms with Crippen molar-refractivity contribution < 1.29 is 4.79 Å². The molecule has 0 aliphatic heterocycles. The summed E-state index contributed by atoms with van der Waals surface area (Å²) in [7, 11) is 0. The zero-order valence-electron chi connectivity index (χ0n) is 15.9. The number of rotatable bonds is 5. The number of fused-ring (bicyclic) bond motifs is 1. The van der Waals surface area contributed by atoms with Crippen molar-refractivity contribution in [2.45, 2.75) is 26.7 Å². The normalized spacial score (nSPS) is 10.9. The molecule has 3 heterocycles. The Bertz CT molecular complexity index is 1150. The lowest BCUT2D eigenvalue weighted by molar-refractivity contribution is -0.116. The number of carbonyl (C=O) groups is 1. The second-order valence-corrected chi connectivity index (χ2v) is 6.70. The third-order valence-electron chi connectivity index (χ3n) is 4.46. The molecular formula is C22H21N5O. The summed E-state index contributed by atoms with van der Waals surface area (Å²) in [5, 5.41) is 7.35. The lowest BCUT2D eigenvalue weighted by Crippen LogP contribution is -2.11. The van der Waals surface area contributed by atoms with Crippen LogP contribution in [0.25, 0.3) is 28.2 Å². The van der Waals surface area contributed by atoms with Gasteiger partial charge in [0.2, 0.25) is 5.91 Å². The first-order chi connectivity index (χ1) is 13.7. The number of anilines is 1. The molecule has 0 bridgehead atoms. The molecule has 4 rings (SSSR count). The highest BCUT2D eigenvalue weighted by Crippen LogP contribution is 2.33. The van der Waals surface area contributed by atoms with Gasteiger partial charge in [0.25, 0.3) is 0 Å². The molecule has 0 radical (unpaired) electrons. The number of carbonyl (C=O) groups excluding carboxylic acids is 1. The van der Waals surface area contributed by atoms with Gasteiger partial charge in [-0.05, 0) is 43.7 Å². The van der Waals surface area contributed by atoms with Crippen molar-refractivity contribution in [1.29, 1.82) is 0 Å². The van der Waals surface area contributed by atoms with Crippen LogP contribution >= 0.6 is 0 Å². The number of benzene rings is 1. The van der Waals surface area contributed by atoms with Gasteiger partial charge in [-0.3, -0.25) is 4.79 Å². The molecule has 0 aliphatic rings. The molecule has 0 atom stereocenters. The van der Waals surface area contributed by atoms with Crippen LogP contribution in [0.3, 0.4) is 0 Å². The lowest BCUT2D eigenvalue weighted by atomic mass is 10.0. The summed E-state index contributed by atoms with van der Waals surface area (Å²) in [4.78, 5) is 21.1. The van der Waals surface area contributed by atoms with Gasteiger partial charge in [0.15, 0.2) is 5.65 Å². The number of pyridine rings is 1. The van der Waals surface area contributed by atoms with Crippen molar-refractivity contribution in [2.24, 2.45) is 0 Å². The maximum Gasteiger partial charge on any atom is 0.225 e. The van der Waals surface area contributed by atoms with Crippen LogP contribution in [0.4, 0.5) is 5.82 Å². The van der Waals surface area contributed by atoms with E-state index in [9.17, 15) is 4.79 Å².